The molecule has 0 spiro atoms. The summed E-state index contributed by atoms with van der Waals surface area (Å²) in [6.45, 7) is 6.52. The van der Waals surface area contributed by atoms with Crippen molar-refractivity contribution in [3.63, 3.8) is 0 Å². The van der Waals surface area contributed by atoms with Gasteiger partial charge in [0, 0.05) is 4.83 Å². The van der Waals surface area contributed by atoms with Gasteiger partial charge in [-0.1, -0.05) is 29.8 Å². The molecule has 1 heterocycles. The van der Waals surface area contributed by atoms with Crippen LogP contribution in [-0.2, 0) is 0 Å². The first-order valence-electron chi connectivity index (χ1n) is 4.11. The second kappa shape index (κ2) is 6.17. The van der Waals surface area contributed by atoms with Gasteiger partial charge in [0.15, 0.2) is 0 Å². The Morgan fingerprint density at radius 3 is 1.90 bits per heavy atom. The van der Waals surface area contributed by atoms with E-state index < -0.39 is 0 Å². The number of rotatable bonds is 0. The summed E-state index contributed by atoms with van der Waals surface area (Å²) >= 11 is 3.59. The summed E-state index contributed by atoms with van der Waals surface area (Å²) in [5.74, 6) is 0. The summed E-state index contributed by atoms with van der Waals surface area (Å²) in [6.07, 6.45) is 2.63. The van der Waals surface area contributed by atoms with Crippen LogP contribution in [-0.4, -0.2) is 29.9 Å². The fourth-order valence-corrected chi connectivity index (χ4v) is 1.39. The summed E-state index contributed by atoms with van der Waals surface area (Å²) in [5, 5.41) is 0. The fraction of sp³-hybridized carbons (Fsp3) is 1.00. The zero-order valence-electron chi connectivity index (χ0n) is 7.23. The van der Waals surface area contributed by atoms with E-state index >= 15 is 0 Å². The van der Waals surface area contributed by atoms with Crippen LogP contribution in [0.1, 0.15) is 26.7 Å². The zero-order chi connectivity index (χ0) is 7.98. The predicted octanol–water partition coefficient (Wildman–Crippen LogP) is 2.50. The molecule has 1 saturated heterocycles. The van der Waals surface area contributed by atoms with Gasteiger partial charge in [-0.2, -0.15) is 0 Å². The van der Waals surface area contributed by atoms with Gasteiger partial charge in [0.05, 0.1) is 0 Å². The summed E-state index contributed by atoms with van der Waals surface area (Å²) in [6, 6.07) is 0. The number of piperidine rings is 1. The first-order valence-corrected chi connectivity index (χ1v) is 5.03. The Balaban J connectivity index is 0.000000371. The van der Waals surface area contributed by atoms with Crippen molar-refractivity contribution >= 4 is 15.9 Å². The molecule has 10 heavy (non-hydrogen) atoms. The fourth-order valence-electron chi connectivity index (χ4n) is 0.977. The van der Waals surface area contributed by atoms with Gasteiger partial charge >= 0.3 is 0 Å². The number of hydrogen-bond donors (Lipinski definition) is 0. The van der Waals surface area contributed by atoms with E-state index in [-0.39, 0.29) is 0 Å². The third-order valence-electron chi connectivity index (χ3n) is 1.65. The van der Waals surface area contributed by atoms with Gasteiger partial charge in [0.2, 0.25) is 0 Å². The molecule has 0 N–H and O–H groups in total. The SMILES string of the molecule is CC.CN1CCC(Br)CC1. The molecule has 0 aromatic carbocycles. The zero-order valence-corrected chi connectivity index (χ0v) is 8.82. The molecular weight excluding hydrogens is 190 g/mol. The maximum absolute atomic E-state index is 3.59. The van der Waals surface area contributed by atoms with E-state index in [4.69, 9.17) is 0 Å². The molecule has 0 aromatic heterocycles. The minimum Gasteiger partial charge on any atom is -0.306 e. The molecule has 1 fully saturated rings. The van der Waals surface area contributed by atoms with Crippen LogP contribution in [0.2, 0.25) is 0 Å². The van der Waals surface area contributed by atoms with Crippen molar-refractivity contribution in [1.29, 1.82) is 0 Å². The highest BCUT2D eigenvalue weighted by atomic mass is 79.9. The van der Waals surface area contributed by atoms with E-state index in [0.717, 1.165) is 4.83 Å². The van der Waals surface area contributed by atoms with Crippen LogP contribution in [0.15, 0.2) is 0 Å². The molecule has 0 aromatic rings. The number of alkyl halides is 1. The Bertz CT molecular complexity index is 57.7. The summed E-state index contributed by atoms with van der Waals surface area (Å²) in [5.41, 5.74) is 0. The number of likely N-dealkylation sites (tertiary alicyclic amines) is 1. The van der Waals surface area contributed by atoms with Crippen LogP contribution >= 0.6 is 15.9 Å². The summed E-state index contributed by atoms with van der Waals surface area (Å²) < 4.78 is 0. The molecule has 0 radical (unpaired) electrons. The Morgan fingerprint density at radius 1 is 1.20 bits per heavy atom. The molecule has 1 aliphatic rings. The lowest BCUT2D eigenvalue weighted by molar-refractivity contribution is 0.284. The van der Waals surface area contributed by atoms with E-state index in [1.807, 2.05) is 13.8 Å². The molecule has 0 amide bonds. The average molecular weight is 208 g/mol. The molecule has 0 atom stereocenters. The molecule has 1 aliphatic heterocycles. The van der Waals surface area contributed by atoms with E-state index in [1.54, 1.807) is 0 Å². The Kier molecular flexibility index (Phi) is 6.44. The van der Waals surface area contributed by atoms with E-state index in [2.05, 4.69) is 27.9 Å². The quantitative estimate of drug-likeness (QED) is 0.553. The molecule has 62 valence electrons. The highest BCUT2D eigenvalue weighted by molar-refractivity contribution is 9.09. The van der Waals surface area contributed by atoms with Crippen LogP contribution in [0, 0.1) is 0 Å². The summed E-state index contributed by atoms with van der Waals surface area (Å²) in [4.78, 5) is 3.16. The molecule has 0 saturated carbocycles. The van der Waals surface area contributed by atoms with Crippen LogP contribution in [0.5, 0.6) is 0 Å². The van der Waals surface area contributed by atoms with Crippen molar-refractivity contribution in [2.24, 2.45) is 0 Å². The second-order valence-electron chi connectivity index (χ2n) is 2.48. The van der Waals surface area contributed by atoms with Gasteiger partial charge in [-0.3, -0.25) is 0 Å². The molecule has 0 bridgehead atoms. The van der Waals surface area contributed by atoms with Crippen LogP contribution < -0.4 is 0 Å². The van der Waals surface area contributed by atoms with Crippen LogP contribution in [0.3, 0.4) is 0 Å². The molecule has 0 unspecified atom stereocenters. The van der Waals surface area contributed by atoms with Crippen molar-refractivity contribution in [3.05, 3.63) is 0 Å². The Labute approximate surface area is 72.9 Å². The van der Waals surface area contributed by atoms with Crippen molar-refractivity contribution in [2.75, 3.05) is 20.1 Å². The lowest BCUT2D eigenvalue weighted by Crippen LogP contribution is -2.30. The molecule has 0 aliphatic carbocycles. The monoisotopic (exact) mass is 207 g/mol. The van der Waals surface area contributed by atoms with Gasteiger partial charge in [-0.15, -0.1) is 0 Å². The molecule has 1 nitrogen and oxygen atoms in total. The third-order valence-corrected chi connectivity index (χ3v) is 2.56. The third kappa shape index (κ3) is 4.29. The first kappa shape index (κ1) is 10.4. The number of halogens is 1. The Hall–Kier alpha value is 0.440. The minimum atomic E-state index is 0.790. The van der Waals surface area contributed by atoms with Crippen LogP contribution in [0.25, 0.3) is 0 Å². The van der Waals surface area contributed by atoms with Gasteiger partial charge < -0.3 is 4.90 Å². The standard InChI is InChI=1S/C6H12BrN.C2H6/c1-8-4-2-6(7)3-5-8;1-2/h6H,2-5H2,1H3;1-2H3. The lowest BCUT2D eigenvalue weighted by Gasteiger charge is -2.24. The Morgan fingerprint density at radius 2 is 1.60 bits per heavy atom. The van der Waals surface area contributed by atoms with Crippen molar-refractivity contribution in [2.45, 2.75) is 31.5 Å². The first-order chi connectivity index (χ1) is 4.79. The second-order valence-corrected chi connectivity index (χ2v) is 3.77. The van der Waals surface area contributed by atoms with Gasteiger partial charge in [-0.25, -0.2) is 0 Å². The van der Waals surface area contributed by atoms with Gasteiger partial charge in [0.1, 0.15) is 0 Å². The van der Waals surface area contributed by atoms with E-state index in [1.165, 1.54) is 25.9 Å². The van der Waals surface area contributed by atoms with Gasteiger partial charge in [-0.05, 0) is 33.0 Å². The molecule has 2 heteroatoms. The smallest absolute Gasteiger partial charge is 0.0170 e. The van der Waals surface area contributed by atoms with Gasteiger partial charge in [0.25, 0.3) is 0 Å². The van der Waals surface area contributed by atoms with E-state index in [9.17, 15) is 0 Å². The largest absolute Gasteiger partial charge is 0.306 e. The minimum absolute atomic E-state index is 0.790. The molecular formula is C8H18BrN. The summed E-state index contributed by atoms with van der Waals surface area (Å²) in [7, 11) is 2.18. The number of nitrogens with zero attached hydrogens (tertiary/aromatic N) is 1. The topological polar surface area (TPSA) is 3.24 Å². The van der Waals surface area contributed by atoms with Crippen molar-refractivity contribution in [3.8, 4) is 0 Å². The van der Waals surface area contributed by atoms with E-state index in [0.29, 0.717) is 0 Å². The average Bonchev–Trinajstić information content (AvgIpc) is 2.00. The predicted molar refractivity (Wildman–Crippen MR) is 50.8 cm³/mol. The number of hydrogen-bond acceptors (Lipinski definition) is 1. The maximum Gasteiger partial charge on any atom is 0.0170 e. The van der Waals surface area contributed by atoms with Crippen LogP contribution in [0.4, 0.5) is 0 Å². The molecule has 1 rings (SSSR count). The maximum atomic E-state index is 3.59. The van der Waals surface area contributed by atoms with Crippen molar-refractivity contribution in [1.82, 2.24) is 4.90 Å². The lowest BCUT2D eigenvalue weighted by atomic mass is 10.1. The highest BCUT2D eigenvalue weighted by Gasteiger charge is 2.12. The highest BCUT2D eigenvalue weighted by Crippen LogP contribution is 2.15. The van der Waals surface area contributed by atoms with Crippen molar-refractivity contribution < 1.29 is 0 Å². The normalized spacial score (nSPS) is 21.6.